The molecular formula is C17H24N4O. The number of amides is 1. The molecule has 0 spiro atoms. The monoisotopic (exact) mass is 300 g/mol. The topological polar surface area (TPSA) is 60.2 Å². The lowest BCUT2D eigenvalue weighted by Crippen LogP contribution is -2.35. The van der Waals surface area contributed by atoms with Gasteiger partial charge in [0.2, 0.25) is 5.91 Å². The van der Waals surface area contributed by atoms with Crippen LogP contribution in [-0.4, -0.2) is 42.0 Å². The molecule has 118 valence electrons. The van der Waals surface area contributed by atoms with Gasteiger partial charge in [-0.2, -0.15) is 5.26 Å². The third-order valence-corrected chi connectivity index (χ3v) is 3.99. The van der Waals surface area contributed by atoms with Crippen LogP contribution in [0.3, 0.4) is 0 Å². The molecule has 1 fully saturated rings. The number of hydrogen-bond acceptors (Lipinski definition) is 4. The molecule has 0 bridgehead atoms. The normalized spacial score (nSPS) is 15.5. The quantitative estimate of drug-likeness (QED) is 0.857. The Hall–Kier alpha value is -2.09. The molecule has 0 radical (unpaired) electrons. The van der Waals surface area contributed by atoms with E-state index in [2.05, 4.69) is 29.8 Å². The molecule has 2 rings (SSSR count). The minimum atomic E-state index is 0.267. The standard InChI is InChI=1S/C17H24N4O/c1-14(2)4-7-17(22)21-9-3-8-20(10-11-21)16-6-5-15(12-18)13-19-16/h5-6,13-14H,3-4,7-11H2,1-2H3. The second kappa shape index (κ2) is 7.79. The highest BCUT2D eigenvalue weighted by Gasteiger charge is 2.19. The van der Waals surface area contributed by atoms with E-state index in [1.807, 2.05) is 11.0 Å². The number of nitrogens with zero attached hydrogens (tertiary/aromatic N) is 4. The van der Waals surface area contributed by atoms with E-state index in [4.69, 9.17) is 5.26 Å². The lowest BCUT2D eigenvalue weighted by Gasteiger charge is -2.23. The van der Waals surface area contributed by atoms with Gasteiger partial charge in [0.25, 0.3) is 0 Å². The van der Waals surface area contributed by atoms with E-state index >= 15 is 0 Å². The fourth-order valence-electron chi connectivity index (χ4n) is 2.61. The predicted octanol–water partition coefficient (Wildman–Crippen LogP) is 2.43. The maximum atomic E-state index is 12.2. The van der Waals surface area contributed by atoms with Crippen molar-refractivity contribution in [2.45, 2.75) is 33.1 Å². The molecule has 1 saturated heterocycles. The SMILES string of the molecule is CC(C)CCC(=O)N1CCCN(c2ccc(C#N)cn2)CC1. The molecule has 5 heteroatoms. The minimum Gasteiger partial charge on any atom is -0.355 e. The summed E-state index contributed by atoms with van der Waals surface area (Å²) in [4.78, 5) is 20.8. The molecule has 0 N–H and O–H groups in total. The molecule has 2 heterocycles. The highest BCUT2D eigenvalue weighted by atomic mass is 16.2. The molecular weight excluding hydrogens is 276 g/mol. The first-order valence-corrected chi connectivity index (χ1v) is 7.99. The summed E-state index contributed by atoms with van der Waals surface area (Å²) in [5.74, 6) is 1.72. The molecule has 0 unspecified atom stereocenters. The number of aromatic nitrogens is 1. The number of pyridine rings is 1. The van der Waals surface area contributed by atoms with Gasteiger partial charge >= 0.3 is 0 Å². The van der Waals surface area contributed by atoms with Gasteiger partial charge in [0.1, 0.15) is 11.9 Å². The maximum absolute atomic E-state index is 12.2. The van der Waals surface area contributed by atoms with Gasteiger partial charge in [-0.25, -0.2) is 4.98 Å². The Balaban J connectivity index is 1.91. The highest BCUT2D eigenvalue weighted by Crippen LogP contribution is 2.15. The third-order valence-electron chi connectivity index (χ3n) is 3.99. The number of anilines is 1. The Bertz CT molecular complexity index is 533. The summed E-state index contributed by atoms with van der Waals surface area (Å²) in [6.07, 6.45) is 4.16. The molecule has 0 saturated carbocycles. The summed E-state index contributed by atoms with van der Waals surface area (Å²) in [5, 5.41) is 8.82. The van der Waals surface area contributed by atoms with Gasteiger partial charge in [0.05, 0.1) is 5.56 Å². The van der Waals surface area contributed by atoms with Crippen LogP contribution >= 0.6 is 0 Å². The summed E-state index contributed by atoms with van der Waals surface area (Å²) in [6, 6.07) is 5.75. The van der Waals surface area contributed by atoms with E-state index < -0.39 is 0 Å². The summed E-state index contributed by atoms with van der Waals surface area (Å²) in [5.41, 5.74) is 0.573. The Labute approximate surface area is 132 Å². The van der Waals surface area contributed by atoms with Crippen LogP contribution in [0.4, 0.5) is 5.82 Å². The Kier molecular flexibility index (Phi) is 5.76. The molecule has 0 aromatic carbocycles. The first kappa shape index (κ1) is 16.3. The molecule has 1 aromatic heterocycles. The zero-order valence-electron chi connectivity index (χ0n) is 13.5. The summed E-state index contributed by atoms with van der Waals surface area (Å²) >= 11 is 0. The van der Waals surface area contributed by atoms with Crippen molar-refractivity contribution < 1.29 is 4.79 Å². The number of rotatable bonds is 4. The van der Waals surface area contributed by atoms with Crippen molar-refractivity contribution in [3.05, 3.63) is 23.9 Å². The molecule has 22 heavy (non-hydrogen) atoms. The first-order valence-electron chi connectivity index (χ1n) is 7.99. The minimum absolute atomic E-state index is 0.267. The van der Waals surface area contributed by atoms with Gasteiger partial charge in [0, 0.05) is 38.8 Å². The third kappa shape index (κ3) is 4.45. The lowest BCUT2D eigenvalue weighted by molar-refractivity contribution is -0.131. The van der Waals surface area contributed by atoms with Crippen molar-refractivity contribution in [3.63, 3.8) is 0 Å². The van der Waals surface area contributed by atoms with Crippen molar-refractivity contribution in [1.29, 1.82) is 5.26 Å². The van der Waals surface area contributed by atoms with Crippen LogP contribution in [0, 0.1) is 17.2 Å². The number of carbonyl (C=O) groups is 1. The fourth-order valence-corrected chi connectivity index (χ4v) is 2.61. The average molecular weight is 300 g/mol. The Morgan fingerprint density at radius 1 is 1.32 bits per heavy atom. The van der Waals surface area contributed by atoms with Crippen molar-refractivity contribution in [3.8, 4) is 6.07 Å². The molecule has 1 amide bonds. The van der Waals surface area contributed by atoms with Gasteiger partial charge in [-0.3, -0.25) is 4.79 Å². The highest BCUT2D eigenvalue weighted by molar-refractivity contribution is 5.76. The Morgan fingerprint density at radius 2 is 2.14 bits per heavy atom. The maximum Gasteiger partial charge on any atom is 0.222 e. The number of hydrogen-bond donors (Lipinski definition) is 0. The van der Waals surface area contributed by atoms with E-state index in [1.165, 1.54) is 0 Å². The van der Waals surface area contributed by atoms with E-state index in [0.717, 1.165) is 44.8 Å². The van der Waals surface area contributed by atoms with Crippen LogP contribution in [0.2, 0.25) is 0 Å². The van der Waals surface area contributed by atoms with Crippen LogP contribution in [0.5, 0.6) is 0 Å². The molecule has 0 atom stereocenters. The van der Waals surface area contributed by atoms with Crippen molar-refractivity contribution in [2.75, 3.05) is 31.1 Å². The summed E-state index contributed by atoms with van der Waals surface area (Å²) in [7, 11) is 0. The van der Waals surface area contributed by atoms with Gasteiger partial charge in [-0.05, 0) is 30.9 Å². The van der Waals surface area contributed by atoms with Crippen LogP contribution in [0.1, 0.15) is 38.7 Å². The van der Waals surface area contributed by atoms with E-state index in [1.54, 1.807) is 12.3 Å². The van der Waals surface area contributed by atoms with Gasteiger partial charge in [-0.1, -0.05) is 13.8 Å². The second-order valence-electron chi connectivity index (χ2n) is 6.17. The van der Waals surface area contributed by atoms with Crippen LogP contribution in [0.15, 0.2) is 18.3 Å². The molecule has 0 aliphatic carbocycles. The van der Waals surface area contributed by atoms with Gasteiger partial charge < -0.3 is 9.80 Å². The van der Waals surface area contributed by atoms with Gasteiger partial charge in [-0.15, -0.1) is 0 Å². The van der Waals surface area contributed by atoms with Crippen LogP contribution < -0.4 is 4.90 Å². The summed E-state index contributed by atoms with van der Waals surface area (Å²) in [6.45, 7) is 7.56. The molecule has 5 nitrogen and oxygen atoms in total. The van der Waals surface area contributed by atoms with Crippen LogP contribution in [0.25, 0.3) is 0 Å². The fraction of sp³-hybridized carbons (Fsp3) is 0.588. The van der Waals surface area contributed by atoms with Gasteiger partial charge in [0.15, 0.2) is 0 Å². The molecule has 1 aliphatic rings. The van der Waals surface area contributed by atoms with Crippen LogP contribution in [-0.2, 0) is 4.79 Å². The number of carbonyl (C=O) groups excluding carboxylic acids is 1. The zero-order chi connectivity index (χ0) is 15.9. The summed E-state index contributed by atoms with van der Waals surface area (Å²) < 4.78 is 0. The zero-order valence-corrected chi connectivity index (χ0v) is 13.5. The second-order valence-corrected chi connectivity index (χ2v) is 6.17. The average Bonchev–Trinajstić information content (AvgIpc) is 2.78. The largest absolute Gasteiger partial charge is 0.355 e. The smallest absolute Gasteiger partial charge is 0.222 e. The van der Waals surface area contributed by atoms with Crippen molar-refractivity contribution in [1.82, 2.24) is 9.88 Å². The van der Waals surface area contributed by atoms with Crippen molar-refractivity contribution in [2.24, 2.45) is 5.92 Å². The predicted molar refractivity (Wildman–Crippen MR) is 86.4 cm³/mol. The molecule has 1 aliphatic heterocycles. The van der Waals surface area contributed by atoms with E-state index in [0.29, 0.717) is 17.9 Å². The number of nitriles is 1. The lowest BCUT2D eigenvalue weighted by atomic mass is 10.1. The Morgan fingerprint density at radius 3 is 2.77 bits per heavy atom. The van der Waals surface area contributed by atoms with E-state index in [9.17, 15) is 4.79 Å². The molecule has 1 aromatic rings. The van der Waals surface area contributed by atoms with E-state index in [-0.39, 0.29) is 5.91 Å². The first-order chi connectivity index (χ1) is 10.6. The van der Waals surface area contributed by atoms with Crippen molar-refractivity contribution >= 4 is 11.7 Å².